The molecule has 0 radical (unpaired) electrons. The second-order valence-electron chi connectivity index (χ2n) is 3.50. The third-order valence-corrected chi connectivity index (χ3v) is 2.35. The van der Waals surface area contributed by atoms with Crippen LogP contribution in [0.4, 0.5) is 11.6 Å². The first-order valence-corrected chi connectivity index (χ1v) is 4.44. The lowest BCUT2D eigenvalue weighted by Crippen LogP contribution is -2.38. The van der Waals surface area contributed by atoms with E-state index in [1.54, 1.807) is 0 Å². The fourth-order valence-electron chi connectivity index (χ4n) is 1.50. The summed E-state index contributed by atoms with van der Waals surface area (Å²) < 4.78 is 0. The molecule has 70 valence electrons. The highest BCUT2D eigenvalue weighted by Crippen LogP contribution is 2.26. The number of nitrogens with zero attached hydrogens (tertiary/aromatic N) is 4. The van der Waals surface area contributed by atoms with Crippen molar-refractivity contribution < 1.29 is 0 Å². The van der Waals surface area contributed by atoms with E-state index in [0.717, 1.165) is 30.4 Å². The Morgan fingerprint density at radius 1 is 1.15 bits per heavy atom. The van der Waals surface area contributed by atoms with E-state index < -0.39 is 0 Å². The van der Waals surface area contributed by atoms with Crippen LogP contribution in [0.1, 0.15) is 5.69 Å². The SMILES string of the molecule is Cc1cnc2c(n1)N(C)CCN2C. The average molecular weight is 178 g/mol. The van der Waals surface area contributed by atoms with Gasteiger partial charge in [-0.2, -0.15) is 0 Å². The summed E-state index contributed by atoms with van der Waals surface area (Å²) in [5.74, 6) is 1.98. The Morgan fingerprint density at radius 3 is 2.46 bits per heavy atom. The van der Waals surface area contributed by atoms with Gasteiger partial charge in [0.15, 0.2) is 11.6 Å². The predicted molar refractivity (Wildman–Crippen MR) is 53.3 cm³/mol. The second kappa shape index (κ2) is 2.87. The van der Waals surface area contributed by atoms with Gasteiger partial charge in [-0.05, 0) is 6.92 Å². The Bertz CT molecular complexity index is 323. The molecule has 1 aromatic heterocycles. The fraction of sp³-hybridized carbons (Fsp3) is 0.556. The monoisotopic (exact) mass is 178 g/mol. The number of anilines is 2. The summed E-state index contributed by atoms with van der Waals surface area (Å²) in [5, 5.41) is 0. The van der Waals surface area contributed by atoms with Gasteiger partial charge in [0.05, 0.1) is 11.9 Å². The molecule has 2 heterocycles. The zero-order valence-corrected chi connectivity index (χ0v) is 8.28. The van der Waals surface area contributed by atoms with Crippen LogP contribution in [0.15, 0.2) is 6.20 Å². The van der Waals surface area contributed by atoms with Crippen LogP contribution >= 0.6 is 0 Å². The molecule has 1 aromatic rings. The maximum absolute atomic E-state index is 4.47. The molecular weight excluding hydrogens is 164 g/mol. The van der Waals surface area contributed by atoms with Crippen LogP contribution < -0.4 is 9.80 Å². The van der Waals surface area contributed by atoms with Crippen LogP contribution in [0, 0.1) is 6.92 Å². The lowest BCUT2D eigenvalue weighted by Gasteiger charge is -2.32. The quantitative estimate of drug-likeness (QED) is 0.584. The van der Waals surface area contributed by atoms with E-state index in [0.29, 0.717) is 0 Å². The summed E-state index contributed by atoms with van der Waals surface area (Å²) in [6, 6.07) is 0. The Kier molecular flexibility index (Phi) is 1.83. The third kappa shape index (κ3) is 1.32. The van der Waals surface area contributed by atoms with E-state index in [4.69, 9.17) is 0 Å². The molecular formula is C9H14N4. The van der Waals surface area contributed by atoms with Crippen LogP contribution in [0.25, 0.3) is 0 Å². The molecule has 4 nitrogen and oxygen atoms in total. The van der Waals surface area contributed by atoms with Crippen LogP contribution in [-0.2, 0) is 0 Å². The topological polar surface area (TPSA) is 32.3 Å². The van der Waals surface area contributed by atoms with Crippen LogP contribution in [-0.4, -0.2) is 37.2 Å². The van der Waals surface area contributed by atoms with Gasteiger partial charge in [0, 0.05) is 27.2 Å². The molecule has 0 aliphatic carbocycles. The van der Waals surface area contributed by atoms with Gasteiger partial charge in [-0.3, -0.25) is 0 Å². The molecule has 0 bridgehead atoms. The van der Waals surface area contributed by atoms with Gasteiger partial charge in [0.1, 0.15) is 0 Å². The van der Waals surface area contributed by atoms with E-state index in [-0.39, 0.29) is 0 Å². The Morgan fingerprint density at radius 2 is 1.77 bits per heavy atom. The Balaban J connectivity index is 2.50. The van der Waals surface area contributed by atoms with Gasteiger partial charge in [0.2, 0.25) is 0 Å². The summed E-state index contributed by atoms with van der Waals surface area (Å²) in [6.07, 6.45) is 1.81. The van der Waals surface area contributed by atoms with E-state index in [9.17, 15) is 0 Å². The van der Waals surface area contributed by atoms with Crippen molar-refractivity contribution in [2.75, 3.05) is 37.0 Å². The number of hydrogen-bond donors (Lipinski definition) is 0. The van der Waals surface area contributed by atoms with Crippen molar-refractivity contribution in [1.29, 1.82) is 0 Å². The minimum atomic E-state index is 0.973. The van der Waals surface area contributed by atoms with Gasteiger partial charge in [-0.1, -0.05) is 0 Å². The van der Waals surface area contributed by atoms with Gasteiger partial charge in [-0.25, -0.2) is 9.97 Å². The van der Waals surface area contributed by atoms with E-state index in [2.05, 4.69) is 33.9 Å². The fourth-order valence-corrected chi connectivity index (χ4v) is 1.50. The minimum absolute atomic E-state index is 0.973. The zero-order valence-electron chi connectivity index (χ0n) is 8.28. The molecule has 0 spiro atoms. The van der Waals surface area contributed by atoms with Gasteiger partial charge in [0.25, 0.3) is 0 Å². The molecule has 1 aliphatic heterocycles. The highest BCUT2D eigenvalue weighted by Gasteiger charge is 2.19. The second-order valence-corrected chi connectivity index (χ2v) is 3.50. The summed E-state index contributed by atoms with van der Waals surface area (Å²) in [5.41, 5.74) is 0.973. The first kappa shape index (κ1) is 8.29. The van der Waals surface area contributed by atoms with Crippen molar-refractivity contribution in [1.82, 2.24) is 9.97 Å². The molecule has 0 aromatic carbocycles. The molecule has 13 heavy (non-hydrogen) atoms. The third-order valence-electron chi connectivity index (χ3n) is 2.35. The molecule has 0 saturated carbocycles. The van der Waals surface area contributed by atoms with Crippen molar-refractivity contribution in [2.45, 2.75) is 6.92 Å². The van der Waals surface area contributed by atoms with Gasteiger partial charge in [-0.15, -0.1) is 0 Å². The molecule has 0 saturated heterocycles. The molecule has 4 heteroatoms. The van der Waals surface area contributed by atoms with Crippen molar-refractivity contribution in [3.05, 3.63) is 11.9 Å². The standard InChI is InChI=1S/C9H14N4/c1-7-6-10-8-9(11-7)13(3)5-4-12(8)2/h6H,4-5H2,1-3H3. The number of likely N-dealkylation sites (N-methyl/N-ethyl adjacent to an activating group) is 2. The number of hydrogen-bond acceptors (Lipinski definition) is 4. The lowest BCUT2D eigenvalue weighted by atomic mass is 10.3. The summed E-state index contributed by atoms with van der Waals surface area (Å²) >= 11 is 0. The molecule has 0 atom stereocenters. The molecule has 0 unspecified atom stereocenters. The number of aryl methyl sites for hydroxylation is 1. The summed E-state index contributed by atoms with van der Waals surface area (Å²) in [4.78, 5) is 13.1. The Hall–Kier alpha value is -1.32. The van der Waals surface area contributed by atoms with Gasteiger partial charge < -0.3 is 9.80 Å². The smallest absolute Gasteiger partial charge is 0.172 e. The first-order valence-electron chi connectivity index (χ1n) is 4.44. The van der Waals surface area contributed by atoms with E-state index in [1.807, 2.05) is 13.1 Å². The number of rotatable bonds is 0. The number of fused-ring (bicyclic) bond motifs is 1. The molecule has 0 fully saturated rings. The average Bonchev–Trinajstić information content (AvgIpc) is 2.12. The van der Waals surface area contributed by atoms with Crippen molar-refractivity contribution in [3.63, 3.8) is 0 Å². The summed E-state index contributed by atoms with van der Waals surface area (Å²) in [7, 11) is 4.11. The minimum Gasteiger partial charge on any atom is -0.355 e. The van der Waals surface area contributed by atoms with Crippen molar-refractivity contribution >= 4 is 11.6 Å². The van der Waals surface area contributed by atoms with E-state index in [1.165, 1.54) is 0 Å². The lowest BCUT2D eigenvalue weighted by molar-refractivity contribution is 0.763. The van der Waals surface area contributed by atoms with Crippen LogP contribution in [0.5, 0.6) is 0 Å². The molecule has 0 N–H and O–H groups in total. The zero-order chi connectivity index (χ0) is 9.42. The number of aromatic nitrogens is 2. The van der Waals surface area contributed by atoms with Crippen molar-refractivity contribution in [3.8, 4) is 0 Å². The van der Waals surface area contributed by atoms with Crippen LogP contribution in [0.2, 0.25) is 0 Å². The summed E-state index contributed by atoms with van der Waals surface area (Å²) in [6.45, 7) is 4.00. The Labute approximate surface area is 78.2 Å². The normalized spacial score (nSPS) is 15.9. The highest BCUT2D eigenvalue weighted by atomic mass is 15.3. The van der Waals surface area contributed by atoms with E-state index >= 15 is 0 Å². The maximum Gasteiger partial charge on any atom is 0.172 e. The largest absolute Gasteiger partial charge is 0.355 e. The van der Waals surface area contributed by atoms with Gasteiger partial charge >= 0.3 is 0 Å². The van der Waals surface area contributed by atoms with Crippen LogP contribution in [0.3, 0.4) is 0 Å². The first-order chi connectivity index (χ1) is 6.18. The molecule has 0 amide bonds. The maximum atomic E-state index is 4.47. The van der Waals surface area contributed by atoms with Crippen molar-refractivity contribution in [2.24, 2.45) is 0 Å². The molecule has 2 rings (SSSR count). The highest BCUT2D eigenvalue weighted by molar-refractivity contribution is 5.64. The predicted octanol–water partition coefficient (Wildman–Crippen LogP) is 0.671. The molecule has 1 aliphatic rings.